The van der Waals surface area contributed by atoms with Crippen LogP contribution in [0, 0.1) is 5.92 Å². The van der Waals surface area contributed by atoms with Gasteiger partial charge in [-0.25, -0.2) is 4.68 Å². The average molecular weight is 181 g/mol. The first-order valence-corrected chi connectivity index (χ1v) is 4.60. The van der Waals surface area contributed by atoms with Gasteiger partial charge in [-0.3, -0.25) is 0 Å². The molecule has 1 fully saturated rings. The van der Waals surface area contributed by atoms with Crippen LogP contribution >= 0.6 is 0 Å². The number of tetrazole rings is 1. The van der Waals surface area contributed by atoms with Gasteiger partial charge in [0.15, 0.2) is 0 Å². The van der Waals surface area contributed by atoms with Crippen LogP contribution in [0.1, 0.15) is 26.7 Å². The van der Waals surface area contributed by atoms with E-state index in [1.807, 2.05) is 7.05 Å². The number of hydrogen-bond acceptors (Lipinski definition) is 4. The first-order chi connectivity index (χ1) is 6.09. The minimum absolute atomic E-state index is 0.114. The van der Waals surface area contributed by atoms with Crippen LogP contribution in [-0.4, -0.2) is 25.7 Å². The van der Waals surface area contributed by atoms with Crippen LogP contribution in [0.15, 0.2) is 0 Å². The number of aromatic nitrogens is 4. The standard InChI is InChI=1S/C8H15N5/c1-8(2,6-4-5-6)9-7-10-11-12-13(7)3/h6H,4-5H2,1-3H3,(H,9,10,12). The summed E-state index contributed by atoms with van der Waals surface area (Å²) in [6.07, 6.45) is 2.62. The van der Waals surface area contributed by atoms with Crippen LogP contribution < -0.4 is 5.32 Å². The average Bonchev–Trinajstić information content (AvgIpc) is 2.80. The molecule has 1 saturated carbocycles. The minimum Gasteiger partial charge on any atom is -0.348 e. The van der Waals surface area contributed by atoms with Crippen molar-refractivity contribution in [3.05, 3.63) is 0 Å². The fraction of sp³-hybridized carbons (Fsp3) is 0.875. The molecule has 13 heavy (non-hydrogen) atoms. The zero-order valence-electron chi connectivity index (χ0n) is 8.28. The third kappa shape index (κ3) is 1.64. The van der Waals surface area contributed by atoms with E-state index < -0.39 is 0 Å². The Morgan fingerprint density at radius 1 is 1.46 bits per heavy atom. The van der Waals surface area contributed by atoms with Gasteiger partial charge < -0.3 is 5.32 Å². The van der Waals surface area contributed by atoms with Gasteiger partial charge in [0.2, 0.25) is 5.95 Å². The van der Waals surface area contributed by atoms with E-state index in [1.165, 1.54) is 12.8 Å². The molecule has 1 aliphatic rings. The molecule has 72 valence electrons. The monoisotopic (exact) mass is 181 g/mol. The lowest BCUT2D eigenvalue weighted by Crippen LogP contribution is -2.34. The summed E-state index contributed by atoms with van der Waals surface area (Å²) in [7, 11) is 1.84. The second-order valence-corrected chi connectivity index (χ2v) is 4.25. The van der Waals surface area contributed by atoms with Crippen molar-refractivity contribution in [1.29, 1.82) is 0 Å². The number of aryl methyl sites for hydroxylation is 1. The lowest BCUT2D eigenvalue weighted by atomic mass is 9.99. The molecule has 1 N–H and O–H groups in total. The van der Waals surface area contributed by atoms with Crippen molar-refractivity contribution in [1.82, 2.24) is 20.2 Å². The lowest BCUT2D eigenvalue weighted by molar-refractivity contribution is 0.486. The maximum Gasteiger partial charge on any atom is 0.243 e. The Labute approximate surface area is 77.5 Å². The third-order valence-corrected chi connectivity index (χ3v) is 2.65. The van der Waals surface area contributed by atoms with Crippen LogP contribution in [0.5, 0.6) is 0 Å². The fourth-order valence-electron chi connectivity index (χ4n) is 1.53. The van der Waals surface area contributed by atoms with Crippen molar-refractivity contribution in [2.45, 2.75) is 32.2 Å². The van der Waals surface area contributed by atoms with Gasteiger partial charge >= 0.3 is 0 Å². The maximum absolute atomic E-state index is 3.90. The highest BCUT2D eigenvalue weighted by Crippen LogP contribution is 2.40. The van der Waals surface area contributed by atoms with E-state index in [0.717, 1.165) is 11.9 Å². The van der Waals surface area contributed by atoms with Gasteiger partial charge in [0, 0.05) is 12.6 Å². The Morgan fingerprint density at radius 2 is 2.15 bits per heavy atom. The first kappa shape index (κ1) is 8.47. The third-order valence-electron chi connectivity index (χ3n) is 2.65. The molecular formula is C8H15N5. The molecule has 1 heterocycles. The lowest BCUT2D eigenvalue weighted by Gasteiger charge is -2.25. The van der Waals surface area contributed by atoms with Crippen LogP contribution in [0.4, 0.5) is 5.95 Å². The quantitative estimate of drug-likeness (QED) is 0.749. The van der Waals surface area contributed by atoms with E-state index in [1.54, 1.807) is 4.68 Å². The summed E-state index contributed by atoms with van der Waals surface area (Å²) in [6, 6.07) is 0. The molecule has 0 saturated heterocycles. The molecule has 5 nitrogen and oxygen atoms in total. The number of rotatable bonds is 3. The predicted molar refractivity (Wildman–Crippen MR) is 49.2 cm³/mol. The van der Waals surface area contributed by atoms with Gasteiger partial charge in [-0.1, -0.05) is 5.10 Å². The summed E-state index contributed by atoms with van der Waals surface area (Å²) in [5, 5.41) is 14.6. The highest BCUT2D eigenvalue weighted by atomic mass is 15.6. The molecule has 0 amide bonds. The molecule has 0 unspecified atom stereocenters. The van der Waals surface area contributed by atoms with Crippen LogP contribution in [0.2, 0.25) is 0 Å². The molecule has 1 aromatic heterocycles. The summed E-state index contributed by atoms with van der Waals surface area (Å²) in [5.74, 6) is 1.51. The molecule has 1 aliphatic carbocycles. The molecule has 5 heteroatoms. The van der Waals surface area contributed by atoms with Crippen molar-refractivity contribution in [3.63, 3.8) is 0 Å². The zero-order chi connectivity index (χ0) is 9.47. The first-order valence-electron chi connectivity index (χ1n) is 4.60. The van der Waals surface area contributed by atoms with E-state index in [9.17, 15) is 0 Å². The molecular weight excluding hydrogens is 166 g/mol. The minimum atomic E-state index is 0.114. The number of nitrogens with zero attached hydrogens (tertiary/aromatic N) is 4. The Bertz CT molecular complexity index is 299. The van der Waals surface area contributed by atoms with E-state index in [2.05, 4.69) is 34.7 Å². The van der Waals surface area contributed by atoms with Gasteiger partial charge in [0.1, 0.15) is 0 Å². The number of anilines is 1. The van der Waals surface area contributed by atoms with Gasteiger partial charge in [-0.05, 0) is 43.0 Å². The summed E-state index contributed by atoms with van der Waals surface area (Å²) >= 11 is 0. The largest absolute Gasteiger partial charge is 0.348 e. The molecule has 2 rings (SSSR count). The SMILES string of the molecule is Cn1nnnc1NC(C)(C)C1CC1. The van der Waals surface area contributed by atoms with Crippen molar-refractivity contribution in [3.8, 4) is 0 Å². The van der Waals surface area contributed by atoms with Gasteiger partial charge in [0.25, 0.3) is 0 Å². The number of nitrogens with one attached hydrogen (secondary N) is 1. The normalized spacial score (nSPS) is 17.5. The molecule has 0 radical (unpaired) electrons. The van der Waals surface area contributed by atoms with E-state index >= 15 is 0 Å². The molecule has 1 aromatic rings. The smallest absolute Gasteiger partial charge is 0.243 e. The van der Waals surface area contributed by atoms with E-state index in [-0.39, 0.29) is 5.54 Å². The summed E-state index contributed by atoms with van der Waals surface area (Å²) in [5.41, 5.74) is 0.114. The highest BCUT2D eigenvalue weighted by molar-refractivity contribution is 5.27. The second-order valence-electron chi connectivity index (χ2n) is 4.25. The topological polar surface area (TPSA) is 55.6 Å². The Balaban J connectivity index is 2.08. The number of hydrogen-bond donors (Lipinski definition) is 1. The molecule has 0 aliphatic heterocycles. The van der Waals surface area contributed by atoms with Crippen LogP contribution in [0.3, 0.4) is 0 Å². The van der Waals surface area contributed by atoms with Crippen molar-refractivity contribution >= 4 is 5.95 Å². The van der Waals surface area contributed by atoms with Crippen LogP contribution in [0.25, 0.3) is 0 Å². The van der Waals surface area contributed by atoms with Crippen molar-refractivity contribution in [2.24, 2.45) is 13.0 Å². The zero-order valence-corrected chi connectivity index (χ0v) is 8.28. The molecule has 0 aromatic carbocycles. The van der Waals surface area contributed by atoms with Crippen molar-refractivity contribution < 1.29 is 0 Å². The summed E-state index contributed by atoms with van der Waals surface area (Å²) < 4.78 is 1.66. The molecule has 0 bridgehead atoms. The Kier molecular flexibility index (Phi) is 1.75. The van der Waals surface area contributed by atoms with Gasteiger partial charge in [-0.15, -0.1) is 0 Å². The van der Waals surface area contributed by atoms with Crippen molar-refractivity contribution in [2.75, 3.05) is 5.32 Å². The summed E-state index contributed by atoms with van der Waals surface area (Å²) in [6.45, 7) is 4.39. The van der Waals surface area contributed by atoms with Gasteiger partial charge in [-0.2, -0.15) is 0 Å². The molecule has 0 spiro atoms. The maximum atomic E-state index is 3.90. The predicted octanol–water partition coefficient (Wildman–Crippen LogP) is 0.811. The van der Waals surface area contributed by atoms with Gasteiger partial charge in [0.05, 0.1) is 0 Å². The van der Waals surface area contributed by atoms with E-state index in [4.69, 9.17) is 0 Å². The Hall–Kier alpha value is -1.13. The van der Waals surface area contributed by atoms with Crippen LogP contribution in [-0.2, 0) is 7.05 Å². The fourth-order valence-corrected chi connectivity index (χ4v) is 1.53. The highest BCUT2D eigenvalue weighted by Gasteiger charge is 2.38. The molecule has 0 atom stereocenters. The second kappa shape index (κ2) is 2.68. The van der Waals surface area contributed by atoms with E-state index in [0.29, 0.717) is 0 Å². The summed E-state index contributed by atoms with van der Waals surface area (Å²) in [4.78, 5) is 0. The Morgan fingerprint density at radius 3 is 2.62 bits per heavy atom.